The Bertz CT molecular complexity index is 1080. The Morgan fingerprint density at radius 1 is 0.919 bits per heavy atom. The molecular weight excluding hydrogens is 452 g/mol. The molecule has 5 rings (SSSR count). The van der Waals surface area contributed by atoms with Crippen LogP contribution in [0.5, 0.6) is 0 Å². The molecule has 0 heterocycles. The summed E-state index contributed by atoms with van der Waals surface area (Å²) >= 11 is 0. The van der Waals surface area contributed by atoms with Crippen molar-refractivity contribution >= 4 is 5.97 Å². The summed E-state index contributed by atoms with van der Waals surface area (Å²) in [5.41, 5.74) is 4.54. The molecule has 4 aliphatic carbocycles. The maximum Gasteiger partial charge on any atom is 0.338 e. The molecule has 2 nitrogen and oxygen atoms in total. The van der Waals surface area contributed by atoms with Crippen LogP contribution in [-0.4, -0.2) is 12.1 Å². The van der Waals surface area contributed by atoms with E-state index in [2.05, 4.69) is 65.8 Å². The van der Waals surface area contributed by atoms with Gasteiger partial charge in [-0.15, -0.1) is 0 Å². The molecule has 0 saturated heterocycles. The first-order chi connectivity index (χ1) is 17.6. The highest BCUT2D eigenvalue weighted by atomic mass is 16.5. The minimum atomic E-state index is -0.182. The highest BCUT2D eigenvalue weighted by Gasteiger charge is 2.57. The van der Waals surface area contributed by atoms with Crippen molar-refractivity contribution in [2.24, 2.45) is 46.3 Å². The Kier molecular flexibility index (Phi) is 7.33. The van der Waals surface area contributed by atoms with E-state index in [-0.39, 0.29) is 17.5 Å². The van der Waals surface area contributed by atoms with E-state index in [1.807, 2.05) is 30.3 Å². The van der Waals surface area contributed by atoms with Gasteiger partial charge in [-0.3, -0.25) is 0 Å². The average molecular weight is 501 g/mol. The van der Waals surface area contributed by atoms with Crippen molar-refractivity contribution in [3.63, 3.8) is 0 Å². The number of esters is 1. The number of rotatable bonds is 6. The van der Waals surface area contributed by atoms with Crippen LogP contribution in [0.3, 0.4) is 0 Å². The third kappa shape index (κ3) is 4.79. The molecule has 3 saturated carbocycles. The lowest BCUT2D eigenvalue weighted by Crippen LogP contribution is -2.46. The molecule has 0 radical (unpaired) electrons. The molecule has 4 aliphatic rings. The van der Waals surface area contributed by atoms with Gasteiger partial charge in [0, 0.05) is 6.42 Å². The van der Waals surface area contributed by atoms with Crippen LogP contribution < -0.4 is 0 Å². The number of allylic oxidation sites excluding steroid dienone is 5. The van der Waals surface area contributed by atoms with Crippen molar-refractivity contribution in [1.82, 2.24) is 0 Å². The number of hydrogen-bond acceptors (Lipinski definition) is 2. The molecule has 37 heavy (non-hydrogen) atoms. The maximum atomic E-state index is 12.7. The van der Waals surface area contributed by atoms with Gasteiger partial charge in [-0.25, -0.2) is 4.79 Å². The van der Waals surface area contributed by atoms with Crippen molar-refractivity contribution in [3.05, 3.63) is 71.3 Å². The molecule has 1 aromatic rings. The van der Waals surface area contributed by atoms with Crippen LogP contribution >= 0.6 is 0 Å². The molecule has 0 aliphatic heterocycles. The van der Waals surface area contributed by atoms with Gasteiger partial charge in [-0.05, 0) is 97.0 Å². The van der Waals surface area contributed by atoms with E-state index in [4.69, 9.17) is 4.74 Å². The van der Waals surface area contributed by atoms with Crippen molar-refractivity contribution in [3.8, 4) is 0 Å². The van der Waals surface area contributed by atoms with Crippen LogP contribution in [0, 0.1) is 46.3 Å². The molecule has 8 atom stereocenters. The van der Waals surface area contributed by atoms with Crippen molar-refractivity contribution in [2.45, 2.75) is 92.6 Å². The van der Waals surface area contributed by atoms with Gasteiger partial charge in [-0.1, -0.05) is 95.2 Å². The molecule has 0 amide bonds. The van der Waals surface area contributed by atoms with E-state index < -0.39 is 0 Å². The Labute approximate surface area is 225 Å². The van der Waals surface area contributed by atoms with Gasteiger partial charge in [0.2, 0.25) is 0 Å². The average Bonchev–Trinajstić information content (AvgIpc) is 3.25. The van der Waals surface area contributed by atoms with Crippen molar-refractivity contribution in [1.29, 1.82) is 0 Å². The quantitative estimate of drug-likeness (QED) is 0.287. The van der Waals surface area contributed by atoms with Crippen LogP contribution in [0.2, 0.25) is 0 Å². The zero-order chi connectivity index (χ0) is 26.4. The van der Waals surface area contributed by atoms with Gasteiger partial charge in [0.1, 0.15) is 6.10 Å². The summed E-state index contributed by atoms with van der Waals surface area (Å²) in [7, 11) is 0. The fraction of sp³-hybridized carbons (Fsp3) is 0.629. The fourth-order valence-electron chi connectivity index (χ4n) is 8.47. The zero-order valence-corrected chi connectivity index (χ0v) is 24.0. The molecule has 0 N–H and O–H groups in total. The van der Waals surface area contributed by atoms with E-state index in [0.717, 1.165) is 31.1 Å². The summed E-state index contributed by atoms with van der Waals surface area (Å²) < 4.78 is 5.98. The lowest BCUT2D eigenvalue weighted by molar-refractivity contribution is 0.00691. The van der Waals surface area contributed by atoms with Gasteiger partial charge in [0.05, 0.1) is 5.56 Å². The van der Waals surface area contributed by atoms with Crippen LogP contribution in [0.1, 0.15) is 96.8 Å². The molecule has 1 aromatic carbocycles. The topological polar surface area (TPSA) is 26.3 Å². The molecule has 0 spiro atoms. The van der Waals surface area contributed by atoms with E-state index in [1.54, 1.807) is 5.57 Å². The summed E-state index contributed by atoms with van der Waals surface area (Å²) in [6, 6.07) is 9.43. The summed E-state index contributed by atoms with van der Waals surface area (Å²) in [5, 5.41) is 0. The number of hydrogen-bond donors (Lipinski definition) is 0. The van der Waals surface area contributed by atoms with E-state index in [1.165, 1.54) is 31.3 Å². The number of benzene rings is 1. The molecule has 0 aromatic heterocycles. The number of carbonyl (C=O) groups is 1. The molecule has 3 fully saturated rings. The van der Waals surface area contributed by atoms with Gasteiger partial charge < -0.3 is 4.74 Å². The second-order valence-electron chi connectivity index (χ2n) is 13.6. The molecular formula is C35H48O2. The number of carbonyl (C=O) groups excluding carboxylic acids is 1. The summed E-state index contributed by atoms with van der Waals surface area (Å²) in [6.07, 6.45) is 18.3. The first-order valence-electron chi connectivity index (χ1n) is 15.0. The Hall–Kier alpha value is -2.09. The highest BCUT2D eigenvalue weighted by Crippen LogP contribution is 2.66. The lowest BCUT2D eigenvalue weighted by Gasteiger charge is -2.55. The zero-order valence-electron chi connectivity index (χ0n) is 24.0. The summed E-state index contributed by atoms with van der Waals surface area (Å²) in [4.78, 5) is 12.7. The summed E-state index contributed by atoms with van der Waals surface area (Å²) in [6.45, 7) is 14.6. The second-order valence-corrected chi connectivity index (χ2v) is 13.6. The monoisotopic (exact) mass is 500 g/mol. The predicted octanol–water partition coefficient (Wildman–Crippen LogP) is 9.20. The number of fused-ring (bicyclic) bond motifs is 5. The molecule has 2 heteroatoms. The molecule has 2 unspecified atom stereocenters. The van der Waals surface area contributed by atoms with E-state index in [0.29, 0.717) is 34.7 Å². The first kappa shape index (κ1) is 26.5. The normalized spacial score (nSPS) is 36.7. The molecule has 200 valence electrons. The van der Waals surface area contributed by atoms with Gasteiger partial charge in [0.15, 0.2) is 0 Å². The molecule has 0 bridgehead atoms. The predicted molar refractivity (Wildman–Crippen MR) is 153 cm³/mol. The minimum absolute atomic E-state index is 0.00688. The Morgan fingerprint density at radius 3 is 2.41 bits per heavy atom. The maximum absolute atomic E-state index is 12.7. The minimum Gasteiger partial charge on any atom is -0.458 e. The van der Waals surface area contributed by atoms with Gasteiger partial charge >= 0.3 is 5.97 Å². The van der Waals surface area contributed by atoms with Gasteiger partial charge in [0.25, 0.3) is 0 Å². The SMILES string of the molecule is CC(C)[C@@H](C)C=C[C@@H](C)[C@H]1CCC2C3=CC=C4C[C@@H](OC(=O)c5ccccc5)CC[C@]4(C)C3CC[C@@]21C. The van der Waals surface area contributed by atoms with Crippen LogP contribution in [0.25, 0.3) is 0 Å². The van der Waals surface area contributed by atoms with Crippen LogP contribution in [0.4, 0.5) is 0 Å². The number of ether oxygens (including phenoxy) is 1. The standard InChI is InChI=1S/C35H48O2/c1-23(2)24(3)12-13-25(4)30-16-17-31-29-15-14-27-22-28(37-33(36)26-10-8-7-9-11-26)18-20-34(27,5)32(29)19-21-35(30,31)6/h7-15,23-25,28,30-32H,16-22H2,1-6H3/t24-,25+,28-,30+,31?,32?,34-,35+/m0/s1. The van der Waals surface area contributed by atoms with Crippen molar-refractivity contribution in [2.75, 3.05) is 0 Å². The summed E-state index contributed by atoms with van der Waals surface area (Å²) in [5.74, 6) is 3.97. The third-order valence-electron chi connectivity index (χ3n) is 11.3. The van der Waals surface area contributed by atoms with Crippen molar-refractivity contribution < 1.29 is 9.53 Å². The highest BCUT2D eigenvalue weighted by molar-refractivity contribution is 5.89. The van der Waals surface area contributed by atoms with Gasteiger partial charge in [-0.2, -0.15) is 0 Å². The lowest BCUT2D eigenvalue weighted by atomic mass is 9.50. The van der Waals surface area contributed by atoms with E-state index in [9.17, 15) is 4.79 Å². The second kappa shape index (κ2) is 10.2. The van der Waals surface area contributed by atoms with Crippen LogP contribution in [0.15, 0.2) is 65.8 Å². The first-order valence-corrected chi connectivity index (χ1v) is 15.0. The van der Waals surface area contributed by atoms with E-state index >= 15 is 0 Å². The largest absolute Gasteiger partial charge is 0.458 e. The van der Waals surface area contributed by atoms with Crippen LogP contribution in [-0.2, 0) is 4.74 Å². The Morgan fingerprint density at radius 2 is 1.68 bits per heavy atom. The third-order valence-corrected chi connectivity index (χ3v) is 11.3. The smallest absolute Gasteiger partial charge is 0.338 e. The fourth-order valence-corrected chi connectivity index (χ4v) is 8.47. The Balaban J connectivity index is 1.31.